The maximum absolute atomic E-state index is 12.1. The van der Waals surface area contributed by atoms with E-state index >= 15 is 0 Å². The van der Waals surface area contributed by atoms with Gasteiger partial charge in [0.15, 0.2) is 0 Å². The van der Waals surface area contributed by atoms with E-state index in [0.717, 1.165) is 25.7 Å². The van der Waals surface area contributed by atoms with Crippen LogP contribution in [0.5, 0.6) is 0 Å². The molecule has 5 nitrogen and oxygen atoms in total. The summed E-state index contributed by atoms with van der Waals surface area (Å²) in [5.41, 5.74) is 5.31. The minimum absolute atomic E-state index is 0.0195. The van der Waals surface area contributed by atoms with Crippen molar-refractivity contribution in [1.82, 2.24) is 5.32 Å². The zero-order valence-corrected chi connectivity index (χ0v) is 10.6. The number of nitrogens with one attached hydrogen (secondary N) is 1. The third-order valence-electron chi connectivity index (χ3n) is 3.51. The first-order valence-electron chi connectivity index (χ1n) is 6.12. The normalized spacial score (nSPS) is 19.7. The Hall–Kier alpha value is -1.10. The quantitative estimate of drug-likeness (QED) is 0.691. The number of hydrogen-bond donors (Lipinski definition) is 2. The molecule has 0 aromatic carbocycles. The molecule has 0 aliphatic heterocycles. The van der Waals surface area contributed by atoms with Crippen molar-refractivity contribution in [2.24, 2.45) is 11.1 Å². The van der Waals surface area contributed by atoms with Gasteiger partial charge in [0.2, 0.25) is 5.91 Å². The van der Waals surface area contributed by atoms with E-state index in [1.54, 1.807) is 6.92 Å². The van der Waals surface area contributed by atoms with Gasteiger partial charge in [-0.25, -0.2) is 0 Å². The maximum atomic E-state index is 12.1. The first kappa shape index (κ1) is 14.0. The second-order valence-electron chi connectivity index (χ2n) is 4.85. The van der Waals surface area contributed by atoms with Gasteiger partial charge in [-0.15, -0.1) is 0 Å². The van der Waals surface area contributed by atoms with Crippen LogP contribution in [0.4, 0.5) is 0 Å². The summed E-state index contributed by atoms with van der Waals surface area (Å²) in [7, 11) is 1.34. The van der Waals surface area contributed by atoms with Crippen LogP contribution in [0.2, 0.25) is 0 Å². The molecular formula is C12H22N2O3. The SMILES string of the molecule is COC(=O)CC(C)NC(=O)C1(CN)CCCC1. The lowest BCUT2D eigenvalue weighted by molar-refractivity contribution is -0.141. The molecule has 0 bridgehead atoms. The molecular weight excluding hydrogens is 220 g/mol. The summed E-state index contributed by atoms with van der Waals surface area (Å²) >= 11 is 0. The zero-order chi connectivity index (χ0) is 12.9. The fourth-order valence-electron chi connectivity index (χ4n) is 2.34. The monoisotopic (exact) mass is 242 g/mol. The molecule has 0 spiro atoms. The van der Waals surface area contributed by atoms with Crippen molar-refractivity contribution >= 4 is 11.9 Å². The summed E-state index contributed by atoms with van der Waals surface area (Å²) in [5, 5.41) is 2.86. The average Bonchev–Trinajstić information content (AvgIpc) is 2.78. The van der Waals surface area contributed by atoms with Gasteiger partial charge in [0.25, 0.3) is 0 Å². The molecule has 0 heterocycles. The van der Waals surface area contributed by atoms with Crippen molar-refractivity contribution in [2.45, 2.75) is 45.1 Å². The molecule has 5 heteroatoms. The zero-order valence-electron chi connectivity index (χ0n) is 10.6. The van der Waals surface area contributed by atoms with E-state index in [1.807, 2.05) is 0 Å². The molecule has 0 aromatic heterocycles. The summed E-state index contributed by atoms with van der Waals surface area (Å²) in [4.78, 5) is 23.2. The lowest BCUT2D eigenvalue weighted by atomic mass is 9.85. The number of ether oxygens (including phenoxy) is 1. The molecule has 98 valence electrons. The highest BCUT2D eigenvalue weighted by Crippen LogP contribution is 2.37. The molecule has 1 fully saturated rings. The first-order chi connectivity index (χ1) is 8.04. The lowest BCUT2D eigenvalue weighted by Gasteiger charge is -2.27. The highest BCUT2D eigenvalue weighted by Gasteiger charge is 2.40. The van der Waals surface area contributed by atoms with Crippen molar-refractivity contribution in [3.63, 3.8) is 0 Å². The van der Waals surface area contributed by atoms with E-state index in [2.05, 4.69) is 10.1 Å². The Labute approximate surface area is 102 Å². The van der Waals surface area contributed by atoms with Crippen molar-refractivity contribution in [1.29, 1.82) is 0 Å². The average molecular weight is 242 g/mol. The summed E-state index contributed by atoms with van der Waals surface area (Å²) in [6.07, 6.45) is 4.00. The van der Waals surface area contributed by atoms with Gasteiger partial charge in [0, 0.05) is 12.6 Å². The van der Waals surface area contributed by atoms with E-state index in [1.165, 1.54) is 7.11 Å². The molecule has 1 aliphatic rings. The molecule has 0 saturated heterocycles. The Bertz CT molecular complexity index is 285. The minimum atomic E-state index is -0.412. The molecule has 0 aromatic rings. The Kier molecular flexibility index (Phi) is 4.93. The Morgan fingerprint density at radius 3 is 2.47 bits per heavy atom. The first-order valence-corrected chi connectivity index (χ1v) is 6.12. The van der Waals surface area contributed by atoms with Crippen molar-refractivity contribution in [2.75, 3.05) is 13.7 Å². The summed E-state index contributed by atoms with van der Waals surface area (Å²) in [6, 6.07) is -0.209. The number of carbonyl (C=O) groups is 2. The van der Waals surface area contributed by atoms with Gasteiger partial charge in [0.05, 0.1) is 18.9 Å². The van der Waals surface area contributed by atoms with Crippen LogP contribution in [0, 0.1) is 5.41 Å². The van der Waals surface area contributed by atoms with Gasteiger partial charge in [-0.3, -0.25) is 9.59 Å². The van der Waals surface area contributed by atoms with E-state index < -0.39 is 5.41 Å². The predicted octanol–water partition coefficient (Wildman–Crippen LogP) is 0.573. The van der Waals surface area contributed by atoms with E-state index in [4.69, 9.17) is 5.73 Å². The van der Waals surface area contributed by atoms with E-state index in [-0.39, 0.29) is 24.3 Å². The van der Waals surface area contributed by atoms with E-state index in [0.29, 0.717) is 6.54 Å². The molecule has 3 N–H and O–H groups in total. The van der Waals surface area contributed by atoms with Gasteiger partial charge < -0.3 is 15.8 Å². The molecule has 1 aliphatic carbocycles. The van der Waals surface area contributed by atoms with Crippen LogP contribution in [-0.2, 0) is 14.3 Å². The lowest BCUT2D eigenvalue weighted by Crippen LogP contribution is -2.47. The van der Waals surface area contributed by atoms with Crippen molar-refractivity contribution in [3.05, 3.63) is 0 Å². The molecule has 17 heavy (non-hydrogen) atoms. The number of rotatable bonds is 5. The highest BCUT2D eigenvalue weighted by molar-refractivity contribution is 5.84. The highest BCUT2D eigenvalue weighted by atomic mass is 16.5. The smallest absolute Gasteiger partial charge is 0.307 e. The molecule has 1 saturated carbocycles. The van der Waals surface area contributed by atoms with Crippen molar-refractivity contribution < 1.29 is 14.3 Å². The van der Waals surface area contributed by atoms with Crippen LogP contribution in [0.1, 0.15) is 39.0 Å². The maximum Gasteiger partial charge on any atom is 0.307 e. The fraction of sp³-hybridized carbons (Fsp3) is 0.833. The Balaban J connectivity index is 2.50. The topological polar surface area (TPSA) is 81.4 Å². The van der Waals surface area contributed by atoms with Gasteiger partial charge in [-0.1, -0.05) is 12.8 Å². The standard InChI is InChI=1S/C12H22N2O3/c1-9(7-10(15)17-2)14-11(16)12(8-13)5-3-4-6-12/h9H,3-8,13H2,1-2H3,(H,14,16). The number of esters is 1. The van der Waals surface area contributed by atoms with Crippen LogP contribution >= 0.6 is 0 Å². The summed E-state index contributed by atoms with van der Waals surface area (Å²) < 4.78 is 4.56. The number of carbonyl (C=O) groups excluding carboxylic acids is 2. The third-order valence-corrected chi connectivity index (χ3v) is 3.51. The predicted molar refractivity (Wildman–Crippen MR) is 64.2 cm³/mol. The molecule has 1 atom stereocenters. The third kappa shape index (κ3) is 3.43. The van der Waals surface area contributed by atoms with Crippen LogP contribution in [0.15, 0.2) is 0 Å². The van der Waals surface area contributed by atoms with Crippen LogP contribution < -0.4 is 11.1 Å². The van der Waals surface area contributed by atoms with Crippen LogP contribution in [0.3, 0.4) is 0 Å². The summed E-state index contributed by atoms with van der Waals surface area (Å²) in [6.45, 7) is 2.18. The number of methoxy groups -OCH3 is 1. The van der Waals surface area contributed by atoms with Gasteiger partial charge in [-0.05, 0) is 19.8 Å². The van der Waals surface area contributed by atoms with Gasteiger partial charge >= 0.3 is 5.97 Å². The van der Waals surface area contributed by atoms with Crippen LogP contribution in [0.25, 0.3) is 0 Å². The largest absolute Gasteiger partial charge is 0.469 e. The molecule has 1 unspecified atom stereocenters. The molecule has 1 amide bonds. The molecule has 0 radical (unpaired) electrons. The Morgan fingerprint density at radius 2 is 2.00 bits per heavy atom. The van der Waals surface area contributed by atoms with E-state index in [9.17, 15) is 9.59 Å². The van der Waals surface area contributed by atoms with Gasteiger partial charge in [0.1, 0.15) is 0 Å². The minimum Gasteiger partial charge on any atom is -0.469 e. The van der Waals surface area contributed by atoms with Gasteiger partial charge in [-0.2, -0.15) is 0 Å². The number of nitrogens with two attached hydrogens (primary N) is 1. The summed E-state index contributed by atoms with van der Waals surface area (Å²) in [5.74, 6) is -0.333. The number of hydrogen-bond acceptors (Lipinski definition) is 4. The second-order valence-corrected chi connectivity index (χ2v) is 4.85. The van der Waals surface area contributed by atoms with Crippen molar-refractivity contribution in [3.8, 4) is 0 Å². The number of amides is 1. The second kappa shape index (κ2) is 6.00. The van der Waals surface area contributed by atoms with Crippen LogP contribution in [-0.4, -0.2) is 31.6 Å². The fourth-order valence-corrected chi connectivity index (χ4v) is 2.34. The molecule has 1 rings (SSSR count). The Morgan fingerprint density at radius 1 is 1.41 bits per heavy atom.